The van der Waals surface area contributed by atoms with Crippen LogP contribution in [0.25, 0.3) is 0 Å². The van der Waals surface area contributed by atoms with Gasteiger partial charge in [0, 0.05) is 17.5 Å². The first kappa shape index (κ1) is 11.6. The van der Waals surface area contributed by atoms with Gasteiger partial charge in [0.25, 0.3) is 0 Å². The number of hydrogen-bond donors (Lipinski definition) is 1. The van der Waals surface area contributed by atoms with Gasteiger partial charge in [-0.15, -0.1) is 0 Å². The molecule has 0 unspecified atom stereocenters. The van der Waals surface area contributed by atoms with Crippen molar-refractivity contribution in [2.75, 3.05) is 6.54 Å². The van der Waals surface area contributed by atoms with E-state index in [9.17, 15) is 4.79 Å². The van der Waals surface area contributed by atoms with Crippen LogP contribution in [0.5, 0.6) is 0 Å². The van der Waals surface area contributed by atoms with Gasteiger partial charge in [0.05, 0.1) is 6.54 Å². The molecule has 1 fully saturated rings. The van der Waals surface area contributed by atoms with E-state index in [2.05, 4.69) is 5.32 Å². The minimum Gasteiger partial charge on any atom is -0.307 e. The summed E-state index contributed by atoms with van der Waals surface area (Å²) < 4.78 is 0. The molecule has 16 heavy (non-hydrogen) atoms. The zero-order valence-electron chi connectivity index (χ0n) is 9.42. The van der Waals surface area contributed by atoms with Crippen LogP contribution in [0.15, 0.2) is 18.2 Å². The third-order valence-corrected chi connectivity index (χ3v) is 3.11. The van der Waals surface area contributed by atoms with Crippen LogP contribution in [0.1, 0.15) is 24.0 Å². The maximum Gasteiger partial charge on any atom is 0.151 e. The van der Waals surface area contributed by atoms with Crippen LogP contribution < -0.4 is 5.32 Å². The minimum absolute atomic E-state index is 0.206. The molecule has 86 valence electrons. The lowest BCUT2D eigenvalue weighted by Crippen LogP contribution is -2.25. The second kappa shape index (κ2) is 4.98. The van der Waals surface area contributed by atoms with E-state index in [1.54, 1.807) is 0 Å². The van der Waals surface area contributed by atoms with Crippen molar-refractivity contribution in [3.8, 4) is 0 Å². The van der Waals surface area contributed by atoms with Crippen molar-refractivity contribution < 1.29 is 4.79 Å². The first-order chi connectivity index (χ1) is 7.65. The van der Waals surface area contributed by atoms with Crippen molar-refractivity contribution in [2.24, 2.45) is 0 Å². The highest BCUT2D eigenvalue weighted by Crippen LogP contribution is 2.19. The zero-order chi connectivity index (χ0) is 11.5. The van der Waals surface area contributed by atoms with Gasteiger partial charge in [0.1, 0.15) is 0 Å². The Balaban J connectivity index is 1.89. The molecule has 1 saturated carbocycles. The van der Waals surface area contributed by atoms with Crippen molar-refractivity contribution in [2.45, 2.75) is 32.2 Å². The van der Waals surface area contributed by atoms with Gasteiger partial charge in [0.2, 0.25) is 0 Å². The van der Waals surface area contributed by atoms with Gasteiger partial charge in [-0.05, 0) is 37.0 Å². The Bertz CT molecular complexity index is 399. The topological polar surface area (TPSA) is 29.1 Å². The van der Waals surface area contributed by atoms with Crippen LogP contribution in [-0.4, -0.2) is 18.4 Å². The second-order valence-corrected chi connectivity index (χ2v) is 4.87. The predicted molar refractivity (Wildman–Crippen MR) is 65.9 cm³/mol. The summed E-state index contributed by atoms with van der Waals surface area (Å²) in [5, 5.41) is 3.91. The van der Waals surface area contributed by atoms with Crippen molar-refractivity contribution in [3.05, 3.63) is 34.3 Å². The number of carbonyl (C=O) groups excluding carboxylic acids is 1. The molecule has 0 amide bonds. The molecule has 1 aliphatic rings. The van der Waals surface area contributed by atoms with Crippen LogP contribution >= 0.6 is 11.6 Å². The standard InChI is InChI=1S/C13H16ClNO/c1-9-2-3-10(13(14)6-9)7-12(16)8-15-11-4-5-11/h2-3,6,11,15H,4-5,7-8H2,1H3. The monoisotopic (exact) mass is 237 g/mol. The van der Waals surface area contributed by atoms with Crippen LogP contribution in [0.2, 0.25) is 5.02 Å². The van der Waals surface area contributed by atoms with Gasteiger partial charge in [-0.1, -0.05) is 23.7 Å². The second-order valence-electron chi connectivity index (χ2n) is 4.47. The highest BCUT2D eigenvalue weighted by Gasteiger charge is 2.21. The fourth-order valence-electron chi connectivity index (χ4n) is 1.62. The first-order valence-corrected chi connectivity index (χ1v) is 6.03. The number of Topliss-reactive ketones (excluding diaryl/α,β-unsaturated/α-hetero) is 1. The SMILES string of the molecule is Cc1ccc(CC(=O)CNC2CC2)c(Cl)c1. The predicted octanol–water partition coefficient (Wildman–Crippen LogP) is 2.51. The molecule has 0 saturated heterocycles. The number of hydrogen-bond acceptors (Lipinski definition) is 2. The van der Waals surface area contributed by atoms with Gasteiger partial charge in [-0.3, -0.25) is 4.79 Å². The Morgan fingerprint density at radius 2 is 2.25 bits per heavy atom. The van der Waals surface area contributed by atoms with E-state index in [-0.39, 0.29) is 5.78 Å². The summed E-state index contributed by atoms with van der Waals surface area (Å²) in [7, 11) is 0. The van der Waals surface area contributed by atoms with Crippen LogP contribution in [0.3, 0.4) is 0 Å². The quantitative estimate of drug-likeness (QED) is 0.853. The summed E-state index contributed by atoms with van der Waals surface area (Å²) >= 11 is 6.08. The summed E-state index contributed by atoms with van der Waals surface area (Å²) in [5.74, 6) is 0.206. The third kappa shape index (κ3) is 3.32. The molecule has 1 aromatic rings. The molecule has 2 nitrogen and oxygen atoms in total. The summed E-state index contributed by atoms with van der Waals surface area (Å²) in [4.78, 5) is 11.7. The lowest BCUT2D eigenvalue weighted by atomic mass is 10.1. The molecule has 2 rings (SSSR count). The summed E-state index contributed by atoms with van der Waals surface area (Å²) in [6.07, 6.45) is 2.84. The molecule has 0 heterocycles. The minimum atomic E-state index is 0.206. The Kier molecular flexibility index (Phi) is 3.62. The maximum absolute atomic E-state index is 11.7. The smallest absolute Gasteiger partial charge is 0.151 e. The Hall–Kier alpha value is -0.860. The van der Waals surface area contributed by atoms with Crippen molar-refractivity contribution in [1.29, 1.82) is 0 Å². The molecule has 0 spiro atoms. The lowest BCUT2D eigenvalue weighted by molar-refractivity contribution is -0.117. The molecule has 1 N–H and O–H groups in total. The third-order valence-electron chi connectivity index (χ3n) is 2.76. The number of nitrogens with one attached hydrogen (secondary N) is 1. The zero-order valence-corrected chi connectivity index (χ0v) is 10.2. The first-order valence-electron chi connectivity index (χ1n) is 5.65. The van der Waals surface area contributed by atoms with Crippen molar-refractivity contribution in [3.63, 3.8) is 0 Å². The summed E-state index contributed by atoms with van der Waals surface area (Å²) in [6, 6.07) is 6.41. The molecule has 1 aromatic carbocycles. The van der Waals surface area contributed by atoms with E-state index in [1.165, 1.54) is 12.8 Å². The highest BCUT2D eigenvalue weighted by molar-refractivity contribution is 6.31. The molecule has 1 aliphatic carbocycles. The Morgan fingerprint density at radius 1 is 1.50 bits per heavy atom. The van der Waals surface area contributed by atoms with Crippen LogP contribution in [0, 0.1) is 6.92 Å². The van der Waals surface area contributed by atoms with Crippen LogP contribution in [-0.2, 0) is 11.2 Å². The fourth-order valence-corrected chi connectivity index (χ4v) is 1.92. The van der Waals surface area contributed by atoms with Gasteiger partial charge in [-0.25, -0.2) is 0 Å². The highest BCUT2D eigenvalue weighted by atomic mass is 35.5. The number of benzene rings is 1. The number of carbonyl (C=O) groups is 1. The molecule has 0 radical (unpaired) electrons. The van der Waals surface area contributed by atoms with Crippen molar-refractivity contribution >= 4 is 17.4 Å². The van der Waals surface area contributed by atoms with E-state index in [1.807, 2.05) is 25.1 Å². The van der Waals surface area contributed by atoms with E-state index >= 15 is 0 Å². The number of ketones is 1. The molecule has 3 heteroatoms. The average Bonchev–Trinajstić information content (AvgIpc) is 3.03. The molecule has 0 bridgehead atoms. The normalized spacial score (nSPS) is 15.1. The number of halogens is 1. The fraction of sp³-hybridized carbons (Fsp3) is 0.462. The van der Waals surface area contributed by atoms with E-state index in [0.29, 0.717) is 24.0 Å². The molecule has 0 aromatic heterocycles. The summed E-state index contributed by atoms with van der Waals surface area (Å²) in [6.45, 7) is 2.46. The van der Waals surface area contributed by atoms with E-state index < -0.39 is 0 Å². The van der Waals surface area contributed by atoms with Crippen molar-refractivity contribution in [1.82, 2.24) is 5.32 Å². The molecular weight excluding hydrogens is 222 g/mol. The molecule has 0 aliphatic heterocycles. The largest absolute Gasteiger partial charge is 0.307 e. The molecular formula is C13H16ClNO. The van der Waals surface area contributed by atoms with Gasteiger partial charge >= 0.3 is 0 Å². The Labute approximate surface area is 101 Å². The lowest BCUT2D eigenvalue weighted by Gasteiger charge is -2.05. The number of rotatable bonds is 5. The molecule has 0 atom stereocenters. The summed E-state index contributed by atoms with van der Waals surface area (Å²) in [5.41, 5.74) is 2.05. The van der Waals surface area contributed by atoms with Gasteiger partial charge in [-0.2, -0.15) is 0 Å². The average molecular weight is 238 g/mol. The van der Waals surface area contributed by atoms with E-state index in [0.717, 1.165) is 11.1 Å². The van der Waals surface area contributed by atoms with Gasteiger partial charge < -0.3 is 5.32 Å². The maximum atomic E-state index is 11.7. The van der Waals surface area contributed by atoms with E-state index in [4.69, 9.17) is 11.6 Å². The number of aryl methyl sites for hydroxylation is 1. The van der Waals surface area contributed by atoms with Gasteiger partial charge in [0.15, 0.2) is 5.78 Å². The van der Waals surface area contributed by atoms with Crippen LogP contribution in [0.4, 0.5) is 0 Å². The Morgan fingerprint density at radius 3 is 2.88 bits per heavy atom.